The molecule has 1 atom stereocenters. The number of carbonyl (C=O) groups excluding carboxylic acids is 1. The van der Waals surface area contributed by atoms with Crippen molar-refractivity contribution in [1.82, 2.24) is 14.7 Å². The number of amides is 2. The van der Waals surface area contributed by atoms with E-state index in [-0.39, 0.29) is 6.03 Å². The second-order valence-corrected chi connectivity index (χ2v) is 6.36. The van der Waals surface area contributed by atoms with E-state index in [9.17, 15) is 9.90 Å². The monoisotopic (exact) mass is 303 g/mol. The number of aliphatic hydroxyl groups is 1. The number of rotatable bonds is 4. The van der Waals surface area contributed by atoms with E-state index in [1.165, 1.54) is 0 Å². The van der Waals surface area contributed by atoms with Gasteiger partial charge in [-0.2, -0.15) is 0 Å². The van der Waals surface area contributed by atoms with Gasteiger partial charge in [-0.25, -0.2) is 4.79 Å². The van der Waals surface area contributed by atoms with Crippen LogP contribution in [0.4, 0.5) is 4.79 Å². The van der Waals surface area contributed by atoms with E-state index in [4.69, 9.17) is 0 Å². The van der Waals surface area contributed by atoms with Crippen LogP contribution in [0.15, 0.2) is 30.3 Å². The maximum atomic E-state index is 12.0. The smallest absolute Gasteiger partial charge is 0.320 e. The Bertz CT molecular complexity index is 500. The van der Waals surface area contributed by atoms with Gasteiger partial charge in [0.15, 0.2) is 0 Å². The zero-order chi connectivity index (χ0) is 15.5. The lowest BCUT2D eigenvalue weighted by atomic mass is 10.0. The SMILES string of the molecule is CN1CCN(C2CCN(C[C@@H](O)c3ccccc3)CC2)C1=O. The molecule has 0 radical (unpaired) electrons. The molecule has 3 rings (SSSR count). The molecule has 2 aliphatic heterocycles. The lowest BCUT2D eigenvalue weighted by Gasteiger charge is -2.37. The summed E-state index contributed by atoms with van der Waals surface area (Å²) in [6.45, 7) is 4.26. The van der Waals surface area contributed by atoms with Gasteiger partial charge in [-0.15, -0.1) is 0 Å². The second-order valence-electron chi connectivity index (χ2n) is 6.36. The van der Waals surface area contributed by atoms with Crippen molar-refractivity contribution in [3.05, 3.63) is 35.9 Å². The molecule has 2 saturated heterocycles. The number of likely N-dealkylation sites (N-methyl/N-ethyl adjacent to an activating group) is 1. The van der Waals surface area contributed by atoms with Crippen molar-refractivity contribution in [1.29, 1.82) is 0 Å². The van der Waals surface area contributed by atoms with Crippen LogP contribution in [-0.2, 0) is 0 Å². The average Bonchev–Trinajstić information content (AvgIpc) is 2.89. The Morgan fingerprint density at radius 3 is 2.41 bits per heavy atom. The minimum Gasteiger partial charge on any atom is -0.387 e. The van der Waals surface area contributed by atoms with Crippen molar-refractivity contribution in [2.75, 3.05) is 39.8 Å². The van der Waals surface area contributed by atoms with Crippen molar-refractivity contribution < 1.29 is 9.90 Å². The van der Waals surface area contributed by atoms with E-state index < -0.39 is 6.10 Å². The van der Waals surface area contributed by atoms with Crippen LogP contribution < -0.4 is 0 Å². The number of benzene rings is 1. The number of hydrogen-bond acceptors (Lipinski definition) is 3. The Morgan fingerprint density at radius 1 is 1.14 bits per heavy atom. The number of β-amino-alcohol motifs (C(OH)–C–C–N with tert-alkyl or cyclic N) is 1. The van der Waals surface area contributed by atoms with Crippen LogP contribution in [0.25, 0.3) is 0 Å². The van der Waals surface area contributed by atoms with E-state index in [2.05, 4.69) is 4.90 Å². The highest BCUT2D eigenvalue weighted by Gasteiger charge is 2.33. The Hall–Kier alpha value is -1.59. The Balaban J connectivity index is 1.49. The van der Waals surface area contributed by atoms with Crippen molar-refractivity contribution in [3.63, 3.8) is 0 Å². The minimum atomic E-state index is -0.433. The summed E-state index contributed by atoms with van der Waals surface area (Å²) in [4.78, 5) is 18.2. The molecule has 2 amide bonds. The average molecular weight is 303 g/mol. The topological polar surface area (TPSA) is 47.0 Å². The Kier molecular flexibility index (Phi) is 4.64. The number of likely N-dealkylation sites (tertiary alicyclic amines) is 1. The zero-order valence-corrected chi connectivity index (χ0v) is 13.2. The molecule has 0 spiro atoms. The van der Waals surface area contributed by atoms with Gasteiger partial charge in [-0.3, -0.25) is 0 Å². The molecule has 2 aliphatic rings. The van der Waals surface area contributed by atoms with Crippen molar-refractivity contribution in [2.24, 2.45) is 0 Å². The molecule has 0 bridgehead atoms. The first kappa shape index (κ1) is 15.3. The van der Waals surface area contributed by atoms with E-state index >= 15 is 0 Å². The summed E-state index contributed by atoms with van der Waals surface area (Å²) < 4.78 is 0. The van der Waals surface area contributed by atoms with Gasteiger partial charge in [0.1, 0.15) is 0 Å². The van der Waals surface area contributed by atoms with Gasteiger partial charge in [0.2, 0.25) is 0 Å². The van der Waals surface area contributed by atoms with Crippen LogP contribution in [0.3, 0.4) is 0 Å². The van der Waals surface area contributed by atoms with Crippen LogP contribution in [0.2, 0.25) is 0 Å². The van der Waals surface area contributed by atoms with Gasteiger partial charge in [0.05, 0.1) is 6.10 Å². The molecule has 22 heavy (non-hydrogen) atoms. The van der Waals surface area contributed by atoms with Gasteiger partial charge >= 0.3 is 6.03 Å². The molecule has 120 valence electrons. The summed E-state index contributed by atoms with van der Waals surface area (Å²) in [5.41, 5.74) is 0.973. The molecule has 0 unspecified atom stereocenters. The van der Waals surface area contributed by atoms with Crippen molar-refractivity contribution in [3.8, 4) is 0 Å². The van der Waals surface area contributed by atoms with E-state index in [1.807, 2.05) is 42.3 Å². The predicted molar refractivity (Wildman–Crippen MR) is 85.6 cm³/mol. The molecule has 0 saturated carbocycles. The maximum absolute atomic E-state index is 12.0. The molecule has 1 aromatic carbocycles. The fourth-order valence-corrected chi connectivity index (χ4v) is 3.45. The molecule has 5 nitrogen and oxygen atoms in total. The third-order valence-electron chi connectivity index (χ3n) is 4.86. The van der Waals surface area contributed by atoms with Gasteiger partial charge in [0.25, 0.3) is 0 Å². The highest BCUT2D eigenvalue weighted by atomic mass is 16.3. The summed E-state index contributed by atoms with van der Waals surface area (Å²) in [5.74, 6) is 0. The lowest BCUT2D eigenvalue weighted by molar-refractivity contribution is 0.0787. The molecule has 1 aromatic rings. The standard InChI is InChI=1S/C17H25N3O2/c1-18-11-12-20(17(18)22)15-7-9-19(10-8-15)13-16(21)14-5-3-2-4-6-14/h2-6,15-16,21H,7-13H2,1H3/t16-/m1/s1. The molecule has 5 heteroatoms. The number of carbonyl (C=O) groups is 1. The quantitative estimate of drug-likeness (QED) is 0.918. The van der Waals surface area contributed by atoms with Gasteiger partial charge in [-0.1, -0.05) is 30.3 Å². The lowest BCUT2D eigenvalue weighted by Crippen LogP contribution is -2.47. The minimum absolute atomic E-state index is 0.169. The largest absolute Gasteiger partial charge is 0.387 e. The number of piperidine rings is 1. The fraction of sp³-hybridized carbons (Fsp3) is 0.588. The predicted octanol–water partition coefficient (Wildman–Crippen LogP) is 1.55. The van der Waals surface area contributed by atoms with Crippen LogP contribution in [0, 0.1) is 0 Å². The molecule has 0 aliphatic carbocycles. The first-order valence-corrected chi connectivity index (χ1v) is 8.12. The number of aliphatic hydroxyl groups excluding tert-OH is 1. The van der Waals surface area contributed by atoms with Gasteiger partial charge in [0, 0.05) is 45.8 Å². The Morgan fingerprint density at radius 2 is 1.82 bits per heavy atom. The van der Waals surface area contributed by atoms with E-state index in [1.54, 1.807) is 4.90 Å². The summed E-state index contributed by atoms with van der Waals surface area (Å²) in [5, 5.41) is 10.3. The molecule has 1 N–H and O–H groups in total. The van der Waals surface area contributed by atoms with Crippen molar-refractivity contribution >= 4 is 6.03 Å². The molecule has 2 fully saturated rings. The second kappa shape index (κ2) is 6.67. The van der Waals surface area contributed by atoms with Crippen LogP contribution in [0.1, 0.15) is 24.5 Å². The van der Waals surface area contributed by atoms with Crippen LogP contribution >= 0.6 is 0 Å². The maximum Gasteiger partial charge on any atom is 0.320 e. The molecular formula is C17H25N3O2. The first-order valence-electron chi connectivity index (χ1n) is 8.12. The van der Waals surface area contributed by atoms with Crippen molar-refractivity contribution in [2.45, 2.75) is 25.0 Å². The number of urea groups is 1. The number of nitrogens with zero attached hydrogens (tertiary/aromatic N) is 3. The van der Waals surface area contributed by atoms with Gasteiger partial charge in [-0.05, 0) is 18.4 Å². The molecule has 0 aromatic heterocycles. The molecular weight excluding hydrogens is 278 g/mol. The third-order valence-corrected chi connectivity index (χ3v) is 4.86. The summed E-state index contributed by atoms with van der Waals surface area (Å²) in [6, 6.07) is 10.4. The van der Waals surface area contributed by atoms with E-state index in [0.29, 0.717) is 12.6 Å². The third kappa shape index (κ3) is 3.25. The number of hydrogen-bond donors (Lipinski definition) is 1. The normalized spacial score (nSPS) is 22.4. The fourth-order valence-electron chi connectivity index (χ4n) is 3.45. The molecule has 2 heterocycles. The summed E-state index contributed by atoms with van der Waals surface area (Å²) >= 11 is 0. The van der Waals surface area contributed by atoms with Gasteiger partial charge < -0.3 is 19.8 Å². The zero-order valence-electron chi connectivity index (χ0n) is 13.2. The summed E-state index contributed by atoms with van der Waals surface area (Å²) in [6.07, 6.45) is 1.57. The summed E-state index contributed by atoms with van der Waals surface area (Å²) in [7, 11) is 1.87. The Labute approximate surface area is 132 Å². The highest BCUT2D eigenvalue weighted by Crippen LogP contribution is 2.22. The first-order chi connectivity index (χ1) is 10.6. The van der Waals surface area contributed by atoms with Crippen LogP contribution in [0.5, 0.6) is 0 Å². The highest BCUT2D eigenvalue weighted by molar-refractivity contribution is 5.76. The van der Waals surface area contributed by atoms with E-state index in [0.717, 1.165) is 44.6 Å². The van der Waals surface area contributed by atoms with Crippen LogP contribution in [-0.4, -0.2) is 71.7 Å².